The lowest BCUT2D eigenvalue weighted by atomic mass is 10.1. The van der Waals surface area contributed by atoms with Crippen LogP contribution in [-0.4, -0.2) is 27.3 Å². The zero-order valence-electron chi connectivity index (χ0n) is 11.1. The third-order valence-corrected chi connectivity index (χ3v) is 3.67. The standard InChI is InChI=1S/C13H17N5O/c1-13(5-6-13)8-18-12(15-16-17-18)10-7-9(19-2)3-4-11(10)14/h3-4,7H,5-6,8,14H2,1-2H3. The van der Waals surface area contributed by atoms with Crippen LogP contribution >= 0.6 is 0 Å². The van der Waals surface area contributed by atoms with Gasteiger partial charge in [-0.1, -0.05) is 6.92 Å². The van der Waals surface area contributed by atoms with Gasteiger partial charge in [-0.15, -0.1) is 5.10 Å². The molecule has 1 heterocycles. The zero-order chi connectivity index (χ0) is 13.5. The molecule has 0 amide bonds. The van der Waals surface area contributed by atoms with Crippen molar-refractivity contribution in [1.29, 1.82) is 0 Å². The van der Waals surface area contributed by atoms with Gasteiger partial charge in [-0.05, 0) is 46.9 Å². The molecule has 0 radical (unpaired) electrons. The Labute approximate surface area is 111 Å². The van der Waals surface area contributed by atoms with E-state index in [1.807, 2.05) is 22.9 Å². The molecule has 1 fully saturated rings. The Kier molecular flexibility index (Phi) is 2.66. The zero-order valence-corrected chi connectivity index (χ0v) is 11.1. The average Bonchev–Trinajstić information content (AvgIpc) is 2.95. The van der Waals surface area contributed by atoms with E-state index in [1.54, 1.807) is 7.11 Å². The maximum Gasteiger partial charge on any atom is 0.184 e. The maximum atomic E-state index is 6.02. The maximum absolute atomic E-state index is 6.02. The van der Waals surface area contributed by atoms with Gasteiger partial charge in [0.05, 0.1) is 13.7 Å². The highest BCUT2D eigenvalue weighted by Crippen LogP contribution is 2.46. The van der Waals surface area contributed by atoms with Crippen molar-refractivity contribution >= 4 is 5.69 Å². The van der Waals surface area contributed by atoms with Crippen molar-refractivity contribution in [2.45, 2.75) is 26.3 Å². The molecule has 0 saturated heterocycles. The number of aromatic nitrogens is 4. The van der Waals surface area contributed by atoms with Gasteiger partial charge in [-0.3, -0.25) is 0 Å². The van der Waals surface area contributed by atoms with E-state index in [4.69, 9.17) is 10.5 Å². The molecule has 0 atom stereocenters. The van der Waals surface area contributed by atoms with Crippen molar-refractivity contribution in [3.05, 3.63) is 18.2 Å². The summed E-state index contributed by atoms with van der Waals surface area (Å²) in [6.45, 7) is 3.07. The van der Waals surface area contributed by atoms with Gasteiger partial charge in [-0.2, -0.15) is 0 Å². The number of benzene rings is 1. The van der Waals surface area contributed by atoms with Crippen molar-refractivity contribution in [3.63, 3.8) is 0 Å². The van der Waals surface area contributed by atoms with E-state index in [0.717, 1.165) is 17.9 Å². The minimum Gasteiger partial charge on any atom is -0.497 e. The molecule has 0 bridgehead atoms. The summed E-state index contributed by atoms with van der Waals surface area (Å²) in [7, 11) is 1.63. The Balaban J connectivity index is 1.99. The van der Waals surface area contributed by atoms with Crippen LogP contribution in [0.5, 0.6) is 5.75 Å². The average molecular weight is 259 g/mol. The Morgan fingerprint density at radius 1 is 1.42 bits per heavy atom. The first-order valence-electron chi connectivity index (χ1n) is 6.31. The topological polar surface area (TPSA) is 78.8 Å². The molecular formula is C13H17N5O. The lowest BCUT2D eigenvalue weighted by molar-refractivity contribution is 0.414. The number of tetrazole rings is 1. The molecule has 100 valence electrons. The van der Waals surface area contributed by atoms with E-state index in [9.17, 15) is 0 Å². The van der Waals surface area contributed by atoms with Crippen LogP contribution < -0.4 is 10.5 Å². The highest BCUT2D eigenvalue weighted by atomic mass is 16.5. The molecule has 2 aromatic rings. The number of hydrogen-bond donors (Lipinski definition) is 1. The molecule has 6 nitrogen and oxygen atoms in total. The molecule has 1 aliphatic rings. The molecule has 2 N–H and O–H groups in total. The summed E-state index contributed by atoms with van der Waals surface area (Å²) < 4.78 is 7.06. The number of rotatable bonds is 4. The SMILES string of the molecule is COc1ccc(N)c(-c2nnnn2CC2(C)CC2)c1. The molecule has 19 heavy (non-hydrogen) atoms. The van der Waals surface area contributed by atoms with Crippen LogP contribution in [0.2, 0.25) is 0 Å². The number of nitrogens with zero attached hydrogens (tertiary/aromatic N) is 4. The lowest BCUT2D eigenvalue weighted by Crippen LogP contribution is -2.11. The van der Waals surface area contributed by atoms with Gasteiger partial charge in [0.25, 0.3) is 0 Å². The monoisotopic (exact) mass is 259 g/mol. The van der Waals surface area contributed by atoms with Gasteiger partial charge >= 0.3 is 0 Å². The van der Waals surface area contributed by atoms with Gasteiger partial charge < -0.3 is 10.5 Å². The van der Waals surface area contributed by atoms with E-state index in [1.165, 1.54) is 12.8 Å². The number of nitrogen functional groups attached to an aromatic ring is 1. The third kappa shape index (κ3) is 2.25. The lowest BCUT2D eigenvalue weighted by Gasteiger charge is -2.11. The Hall–Kier alpha value is -2.11. The Morgan fingerprint density at radius 3 is 2.89 bits per heavy atom. The molecular weight excluding hydrogens is 242 g/mol. The van der Waals surface area contributed by atoms with Crippen molar-refractivity contribution < 1.29 is 4.74 Å². The largest absolute Gasteiger partial charge is 0.497 e. The second kappa shape index (κ2) is 4.22. The molecule has 6 heteroatoms. The summed E-state index contributed by atoms with van der Waals surface area (Å²) in [6, 6.07) is 5.51. The van der Waals surface area contributed by atoms with Crippen LogP contribution in [-0.2, 0) is 6.54 Å². The smallest absolute Gasteiger partial charge is 0.184 e. The molecule has 1 aliphatic carbocycles. The fourth-order valence-corrected chi connectivity index (χ4v) is 2.09. The summed E-state index contributed by atoms with van der Waals surface area (Å²) in [6.07, 6.45) is 2.44. The fourth-order valence-electron chi connectivity index (χ4n) is 2.09. The van der Waals surface area contributed by atoms with Crippen LogP contribution in [0.25, 0.3) is 11.4 Å². The van der Waals surface area contributed by atoms with Crippen LogP contribution in [0, 0.1) is 5.41 Å². The second-order valence-electron chi connectivity index (χ2n) is 5.42. The summed E-state index contributed by atoms with van der Waals surface area (Å²) >= 11 is 0. The van der Waals surface area contributed by atoms with E-state index in [0.29, 0.717) is 16.9 Å². The van der Waals surface area contributed by atoms with E-state index >= 15 is 0 Å². The fraction of sp³-hybridized carbons (Fsp3) is 0.462. The molecule has 1 aromatic carbocycles. The van der Waals surface area contributed by atoms with E-state index < -0.39 is 0 Å². The first kappa shape index (κ1) is 12.0. The summed E-state index contributed by atoms with van der Waals surface area (Å²) in [5, 5.41) is 11.9. The van der Waals surface area contributed by atoms with Crippen LogP contribution in [0.3, 0.4) is 0 Å². The van der Waals surface area contributed by atoms with Gasteiger partial charge in [0.2, 0.25) is 0 Å². The highest BCUT2D eigenvalue weighted by Gasteiger charge is 2.38. The highest BCUT2D eigenvalue weighted by molar-refractivity contribution is 5.73. The van der Waals surface area contributed by atoms with Crippen molar-refractivity contribution in [2.24, 2.45) is 5.41 Å². The summed E-state index contributed by atoms with van der Waals surface area (Å²) in [5.41, 5.74) is 7.81. The minimum absolute atomic E-state index is 0.331. The number of nitrogens with two attached hydrogens (primary N) is 1. The second-order valence-corrected chi connectivity index (χ2v) is 5.42. The number of hydrogen-bond acceptors (Lipinski definition) is 5. The first-order valence-corrected chi connectivity index (χ1v) is 6.31. The Bertz CT molecular complexity index is 603. The molecule has 1 aromatic heterocycles. The predicted octanol–water partition coefficient (Wildman–Crippen LogP) is 1.73. The molecule has 3 rings (SSSR count). The normalized spacial score (nSPS) is 16.3. The Morgan fingerprint density at radius 2 is 2.21 bits per heavy atom. The van der Waals surface area contributed by atoms with E-state index in [2.05, 4.69) is 22.4 Å². The van der Waals surface area contributed by atoms with Crippen LogP contribution in [0.4, 0.5) is 5.69 Å². The van der Waals surface area contributed by atoms with Gasteiger partial charge in [0.1, 0.15) is 5.75 Å². The van der Waals surface area contributed by atoms with Gasteiger partial charge in [0, 0.05) is 11.3 Å². The first-order chi connectivity index (χ1) is 9.11. The van der Waals surface area contributed by atoms with Crippen LogP contribution in [0.15, 0.2) is 18.2 Å². The van der Waals surface area contributed by atoms with Crippen molar-refractivity contribution in [1.82, 2.24) is 20.2 Å². The number of anilines is 1. The van der Waals surface area contributed by atoms with Crippen molar-refractivity contribution in [2.75, 3.05) is 12.8 Å². The van der Waals surface area contributed by atoms with Crippen molar-refractivity contribution in [3.8, 4) is 17.1 Å². The molecule has 1 saturated carbocycles. The number of ether oxygens (including phenoxy) is 1. The molecule has 0 spiro atoms. The minimum atomic E-state index is 0.331. The quantitative estimate of drug-likeness (QED) is 0.846. The summed E-state index contributed by atoms with van der Waals surface area (Å²) in [4.78, 5) is 0. The molecule has 0 aliphatic heterocycles. The van der Waals surface area contributed by atoms with E-state index in [-0.39, 0.29) is 0 Å². The number of methoxy groups -OCH3 is 1. The van der Waals surface area contributed by atoms with Gasteiger partial charge in [-0.25, -0.2) is 4.68 Å². The van der Waals surface area contributed by atoms with Crippen LogP contribution in [0.1, 0.15) is 19.8 Å². The predicted molar refractivity (Wildman–Crippen MR) is 71.6 cm³/mol. The molecule has 0 unspecified atom stereocenters. The third-order valence-electron chi connectivity index (χ3n) is 3.67. The van der Waals surface area contributed by atoms with Gasteiger partial charge in [0.15, 0.2) is 5.82 Å². The summed E-state index contributed by atoms with van der Waals surface area (Å²) in [5.74, 6) is 1.45.